The molecule has 1 saturated heterocycles. The van der Waals surface area contributed by atoms with Gasteiger partial charge in [-0.25, -0.2) is 0 Å². The van der Waals surface area contributed by atoms with Gasteiger partial charge in [0.2, 0.25) is 5.91 Å². The van der Waals surface area contributed by atoms with Crippen molar-refractivity contribution in [3.8, 4) is 5.75 Å². The van der Waals surface area contributed by atoms with Gasteiger partial charge in [-0.3, -0.25) is 19.9 Å². The van der Waals surface area contributed by atoms with E-state index in [4.69, 9.17) is 10.1 Å². The lowest BCUT2D eigenvalue weighted by molar-refractivity contribution is -0.133. The summed E-state index contributed by atoms with van der Waals surface area (Å²) in [6, 6.07) is 14.7. The van der Waals surface area contributed by atoms with Crippen LogP contribution in [-0.4, -0.2) is 34.8 Å². The van der Waals surface area contributed by atoms with Crippen molar-refractivity contribution in [1.29, 1.82) is 5.41 Å². The largest absolute Gasteiger partial charge is 0.493 e. The van der Waals surface area contributed by atoms with Crippen LogP contribution in [0.2, 0.25) is 0 Å². The monoisotopic (exact) mass is 448 g/mol. The van der Waals surface area contributed by atoms with Crippen LogP contribution >= 0.6 is 0 Å². The maximum absolute atomic E-state index is 13.2. The van der Waals surface area contributed by atoms with Crippen molar-refractivity contribution in [2.45, 2.75) is 64.1 Å². The zero-order chi connectivity index (χ0) is 23.6. The minimum atomic E-state index is -0.367. The molecule has 3 N–H and O–H groups in total. The van der Waals surface area contributed by atoms with Crippen molar-refractivity contribution >= 4 is 17.8 Å². The van der Waals surface area contributed by atoms with Gasteiger partial charge in [0.15, 0.2) is 5.96 Å². The molecule has 2 aromatic rings. The smallest absolute Gasteiger partial charge is 0.251 e. The second kappa shape index (κ2) is 9.25. The van der Waals surface area contributed by atoms with Crippen LogP contribution in [0, 0.1) is 5.41 Å². The van der Waals surface area contributed by atoms with Crippen LogP contribution in [0.25, 0.3) is 0 Å². The van der Waals surface area contributed by atoms with Crippen LogP contribution in [0.3, 0.4) is 0 Å². The first-order valence-electron chi connectivity index (χ1n) is 11.7. The summed E-state index contributed by atoms with van der Waals surface area (Å²) in [7, 11) is 0. The second-order valence-corrected chi connectivity index (χ2v) is 8.91. The summed E-state index contributed by atoms with van der Waals surface area (Å²) in [6.07, 6.45) is 2.48. The van der Waals surface area contributed by atoms with Crippen molar-refractivity contribution in [3.05, 3.63) is 65.2 Å². The molecule has 174 valence electrons. The van der Waals surface area contributed by atoms with Gasteiger partial charge in [0.25, 0.3) is 5.91 Å². The van der Waals surface area contributed by atoms with Gasteiger partial charge >= 0.3 is 0 Å². The molecule has 7 nitrogen and oxygen atoms in total. The normalized spacial score (nSPS) is 20.3. The number of rotatable bonds is 6. The lowest BCUT2D eigenvalue weighted by Gasteiger charge is -2.45. The van der Waals surface area contributed by atoms with E-state index in [2.05, 4.69) is 10.6 Å². The molecule has 2 aliphatic heterocycles. The Bertz CT molecular complexity index is 1030. The van der Waals surface area contributed by atoms with Crippen LogP contribution in [0.4, 0.5) is 0 Å². The Labute approximate surface area is 195 Å². The number of hydrogen-bond acceptors (Lipinski definition) is 4. The first-order valence-corrected chi connectivity index (χ1v) is 11.7. The van der Waals surface area contributed by atoms with Gasteiger partial charge in [-0.1, -0.05) is 44.2 Å². The Balaban J connectivity index is 1.58. The molecule has 0 aliphatic carbocycles. The Kier molecular flexibility index (Phi) is 6.40. The third-order valence-corrected chi connectivity index (χ3v) is 6.98. The van der Waals surface area contributed by atoms with E-state index in [-0.39, 0.29) is 35.4 Å². The zero-order valence-corrected chi connectivity index (χ0v) is 19.5. The molecule has 2 atom stereocenters. The number of nitrogens with zero attached hydrogens (tertiary/aromatic N) is 1. The lowest BCUT2D eigenvalue weighted by Crippen LogP contribution is -2.62. The number of amides is 2. The Morgan fingerprint density at radius 2 is 1.97 bits per heavy atom. The molecule has 33 heavy (non-hydrogen) atoms. The third kappa shape index (κ3) is 4.45. The number of ether oxygens (including phenoxy) is 1. The average molecular weight is 449 g/mol. The van der Waals surface area contributed by atoms with Gasteiger partial charge in [-0.2, -0.15) is 0 Å². The van der Waals surface area contributed by atoms with Crippen molar-refractivity contribution in [2.24, 2.45) is 0 Å². The predicted octanol–water partition coefficient (Wildman–Crippen LogP) is 4.32. The summed E-state index contributed by atoms with van der Waals surface area (Å²) in [5, 5.41) is 14.9. The fourth-order valence-corrected chi connectivity index (χ4v) is 4.75. The average Bonchev–Trinajstić information content (AvgIpc) is 2.83. The molecule has 0 radical (unpaired) electrons. The van der Waals surface area contributed by atoms with Crippen molar-refractivity contribution in [1.82, 2.24) is 15.5 Å². The Morgan fingerprint density at radius 3 is 2.64 bits per heavy atom. The zero-order valence-electron chi connectivity index (χ0n) is 19.5. The highest BCUT2D eigenvalue weighted by atomic mass is 16.5. The summed E-state index contributed by atoms with van der Waals surface area (Å²) >= 11 is 0. The first kappa shape index (κ1) is 22.8. The van der Waals surface area contributed by atoms with Gasteiger partial charge in [0.1, 0.15) is 5.75 Å². The molecule has 1 fully saturated rings. The fourth-order valence-electron chi connectivity index (χ4n) is 4.75. The Hall–Kier alpha value is -3.35. The molecular formula is C26H32N4O3. The van der Waals surface area contributed by atoms with Gasteiger partial charge in [-0.15, -0.1) is 0 Å². The van der Waals surface area contributed by atoms with E-state index >= 15 is 0 Å². The van der Waals surface area contributed by atoms with Crippen molar-refractivity contribution in [3.63, 3.8) is 0 Å². The molecular weight excluding hydrogens is 416 g/mol. The van der Waals surface area contributed by atoms with Crippen molar-refractivity contribution in [2.75, 3.05) is 6.61 Å². The molecule has 0 aromatic heterocycles. The van der Waals surface area contributed by atoms with E-state index in [0.717, 1.165) is 24.0 Å². The number of carbonyl (C=O) groups excluding carboxylic acids is 2. The molecule has 2 heterocycles. The number of carbonyl (C=O) groups is 2. The van der Waals surface area contributed by atoms with E-state index in [0.29, 0.717) is 30.8 Å². The highest BCUT2D eigenvalue weighted by Gasteiger charge is 2.43. The molecule has 2 aliphatic rings. The standard InChI is InChI=1S/C26H32N4O3/c1-4-26(5-2)16-23(31)30(25(27)29-26)21-13-14-33-22-12-11-19(15-20(21)22)24(32)28-17(3)18-9-7-6-8-10-18/h6-12,15,17,21H,4-5,13-14,16H2,1-3H3,(H2,27,29)(H,28,32)/t17?,21-/m1/s1. The molecule has 0 bridgehead atoms. The number of guanidine groups is 1. The summed E-state index contributed by atoms with van der Waals surface area (Å²) < 4.78 is 5.82. The molecule has 7 heteroatoms. The number of hydrogen-bond donors (Lipinski definition) is 3. The number of fused-ring (bicyclic) bond motifs is 1. The van der Waals surface area contributed by atoms with E-state index in [1.807, 2.05) is 51.1 Å². The fraction of sp³-hybridized carbons (Fsp3) is 0.423. The maximum atomic E-state index is 13.2. The van der Waals surface area contributed by atoms with E-state index in [1.54, 1.807) is 23.1 Å². The van der Waals surface area contributed by atoms with E-state index < -0.39 is 0 Å². The molecule has 2 amide bonds. The van der Waals surface area contributed by atoms with Crippen molar-refractivity contribution < 1.29 is 14.3 Å². The summed E-state index contributed by atoms with van der Waals surface area (Å²) in [6.45, 7) is 6.48. The maximum Gasteiger partial charge on any atom is 0.251 e. The third-order valence-electron chi connectivity index (χ3n) is 6.98. The topological polar surface area (TPSA) is 94.5 Å². The summed E-state index contributed by atoms with van der Waals surface area (Å²) in [5.74, 6) is 0.531. The van der Waals surface area contributed by atoms with Gasteiger partial charge in [0, 0.05) is 23.1 Å². The van der Waals surface area contributed by atoms with Crippen LogP contribution < -0.4 is 15.4 Å². The molecule has 1 unspecified atom stereocenters. The van der Waals surface area contributed by atoms with Gasteiger partial charge < -0.3 is 15.4 Å². The van der Waals surface area contributed by atoms with E-state index in [9.17, 15) is 9.59 Å². The number of benzene rings is 2. The highest BCUT2D eigenvalue weighted by Crippen LogP contribution is 2.39. The quantitative estimate of drug-likeness (QED) is 0.614. The predicted molar refractivity (Wildman–Crippen MR) is 127 cm³/mol. The molecule has 0 saturated carbocycles. The first-order chi connectivity index (χ1) is 15.9. The lowest BCUT2D eigenvalue weighted by atomic mass is 9.85. The molecule has 4 rings (SSSR count). The summed E-state index contributed by atoms with van der Waals surface area (Å²) in [5.41, 5.74) is 1.93. The summed E-state index contributed by atoms with van der Waals surface area (Å²) in [4.78, 5) is 27.7. The van der Waals surface area contributed by atoms with E-state index in [1.165, 1.54) is 0 Å². The minimum Gasteiger partial charge on any atom is -0.493 e. The minimum absolute atomic E-state index is 0.0622. The molecule has 0 spiro atoms. The van der Waals surface area contributed by atoms with Crippen LogP contribution in [0.5, 0.6) is 5.75 Å². The SMILES string of the molecule is CCC1(CC)CC(=O)N([C@@H]2CCOc3ccc(C(=O)NC(C)c4ccccc4)cc32)C(=N)N1. The van der Waals surface area contributed by atoms with Crippen LogP contribution in [-0.2, 0) is 4.79 Å². The second-order valence-electron chi connectivity index (χ2n) is 8.91. The van der Waals surface area contributed by atoms with Gasteiger partial charge in [-0.05, 0) is 43.5 Å². The van der Waals surface area contributed by atoms with Gasteiger partial charge in [0.05, 0.1) is 25.1 Å². The molecule has 2 aromatic carbocycles. The van der Waals surface area contributed by atoms with Crippen LogP contribution in [0.1, 0.15) is 80.0 Å². The number of nitrogens with one attached hydrogen (secondary N) is 3. The Morgan fingerprint density at radius 1 is 1.24 bits per heavy atom. The highest BCUT2D eigenvalue weighted by molar-refractivity contribution is 6.00. The van der Waals surface area contributed by atoms with Crippen LogP contribution in [0.15, 0.2) is 48.5 Å².